The van der Waals surface area contributed by atoms with Crippen LogP contribution in [0.2, 0.25) is 0 Å². The summed E-state index contributed by atoms with van der Waals surface area (Å²) < 4.78 is 24.3. The van der Waals surface area contributed by atoms with Crippen molar-refractivity contribution >= 4 is 21.8 Å². The molecular formula is C15H18N2O4S. The van der Waals surface area contributed by atoms with Crippen molar-refractivity contribution in [3.63, 3.8) is 0 Å². The minimum absolute atomic E-state index is 0.105. The van der Waals surface area contributed by atoms with Gasteiger partial charge in [-0.15, -0.1) is 0 Å². The van der Waals surface area contributed by atoms with Crippen LogP contribution in [0.3, 0.4) is 0 Å². The van der Waals surface area contributed by atoms with Crippen LogP contribution in [0.4, 0.5) is 0 Å². The summed E-state index contributed by atoms with van der Waals surface area (Å²) in [6, 6.07) is 7.03. The Kier molecular flexibility index (Phi) is 3.68. The molecule has 1 saturated heterocycles. The van der Waals surface area contributed by atoms with Gasteiger partial charge in [0.2, 0.25) is 21.8 Å². The number of hydrogen-bond donors (Lipinski definition) is 0. The molecule has 0 spiro atoms. The average Bonchev–Trinajstić information content (AvgIpc) is 2.88. The van der Waals surface area contributed by atoms with Crippen LogP contribution in [0.25, 0.3) is 0 Å². The van der Waals surface area contributed by atoms with E-state index in [1.54, 1.807) is 4.90 Å². The predicted molar refractivity (Wildman–Crippen MR) is 80.3 cm³/mol. The minimum Gasteiger partial charge on any atom is -0.336 e. The largest absolute Gasteiger partial charge is 0.336 e. The van der Waals surface area contributed by atoms with Gasteiger partial charge in [-0.1, -0.05) is 24.3 Å². The van der Waals surface area contributed by atoms with Crippen LogP contribution in [-0.4, -0.2) is 48.3 Å². The second-order valence-electron chi connectivity index (χ2n) is 5.79. The number of benzene rings is 1. The average molecular weight is 322 g/mol. The van der Waals surface area contributed by atoms with Crippen molar-refractivity contribution in [2.24, 2.45) is 0 Å². The van der Waals surface area contributed by atoms with Crippen molar-refractivity contribution in [3.8, 4) is 0 Å². The molecule has 2 aliphatic rings. The van der Waals surface area contributed by atoms with E-state index in [0.29, 0.717) is 13.1 Å². The van der Waals surface area contributed by atoms with Gasteiger partial charge in [-0.05, 0) is 24.0 Å². The van der Waals surface area contributed by atoms with Crippen molar-refractivity contribution in [1.29, 1.82) is 0 Å². The number of hydrogen-bond acceptors (Lipinski definition) is 4. The fourth-order valence-electron chi connectivity index (χ4n) is 3.20. The molecule has 0 radical (unpaired) electrons. The van der Waals surface area contributed by atoms with Crippen molar-refractivity contribution < 1.29 is 18.0 Å². The molecule has 1 aromatic carbocycles. The molecule has 7 heteroatoms. The summed E-state index contributed by atoms with van der Waals surface area (Å²) in [6.45, 7) is 1.02. The summed E-state index contributed by atoms with van der Waals surface area (Å²) in [6.07, 6.45) is 2.10. The van der Waals surface area contributed by atoms with Gasteiger partial charge in [0, 0.05) is 19.5 Å². The van der Waals surface area contributed by atoms with E-state index in [-0.39, 0.29) is 18.7 Å². The molecule has 0 N–H and O–H groups in total. The van der Waals surface area contributed by atoms with Gasteiger partial charge in [0.15, 0.2) is 0 Å². The van der Waals surface area contributed by atoms with E-state index in [1.807, 2.05) is 24.3 Å². The number of nitrogens with zero attached hydrogens (tertiary/aromatic N) is 2. The fraction of sp³-hybridized carbons (Fsp3) is 0.467. The van der Waals surface area contributed by atoms with Gasteiger partial charge in [0.25, 0.3) is 0 Å². The van der Waals surface area contributed by atoms with Crippen LogP contribution in [0.1, 0.15) is 24.0 Å². The lowest BCUT2D eigenvalue weighted by atomic mass is 9.99. The first kappa shape index (κ1) is 15.0. The van der Waals surface area contributed by atoms with Crippen molar-refractivity contribution in [2.75, 3.05) is 12.8 Å². The maximum atomic E-state index is 12.7. The molecule has 2 heterocycles. The summed E-state index contributed by atoms with van der Waals surface area (Å²) in [5.41, 5.74) is 2.30. The normalized spacial score (nSPS) is 21.9. The lowest BCUT2D eigenvalue weighted by Crippen LogP contribution is -2.49. The molecule has 1 atom stereocenters. The van der Waals surface area contributed by atoms with Crippen LogP contribution in [0, 0.1) is 0 Å². The van der Waals surface area contributed by atoms with Gasteiger partial charge >= 0.3 is 0 Å². The number of sulfonamides is 1. The standard InChI is InChI=1S/C15H18N2O4S/c1-22(20,21)17-13(6-7-14(17)18)15(19)16-9-8-11-4-2-3-5-12(11)10-16/h2-5,13H,6-10H2,1H3. The van der Waals surface area contributed by atoms with Crippen LogP contribution in [0.15, 0.2) is 24.3 Å². The monoisotopic (exact) mass is 322 g/mol. The molecule has 0 saturated carbocycles. The summed E-state index contributed by atoms with van der Waals surface area (Å²) >= 11 is 0. The molecule has 118 valence electrons. The third kappa shape index (κ3) is 2.61. The van der Waals surface area contributed by atoms with Gasteiger partial charge in [-0.3, -0.25) is 9.59 Å². The molecule has 2 aliphatic heterocycles. The molecule has 22 heavy (non-hydrogen) atoms. The van der Waals surface area contributed by atoms with E-state index in [2.05, 4.69) is 0 Å². The molecule has 1 fully saturated rings. The van der Waals surface area contributed by atoms with E-state index in [4.69, 9.17) is 0 Å². The molecule has 0 aromatic heterocycles. The van der Waals surface area contributed by atoms with E-state index >= 15 is 0 Å². The summed E-state index contributed by atoms with van der Waals surface area (Å²) in [5, 5.41) is 0. The van der Waals surface area contributed by atoms with Crippen LogP contribution >= 0.6 is 0 Å². The Labute approximate surface area is 129 Å². The number of carbonyl (C=O) groups excluding carboxylic acids is 2. The Balaban J connectivity index is 1.82. The highest BCUT2D eigenvalue weighted by Crippen LogP contribution is 2.26. The van der Waals surface area contributed by atoms with Gasteiger partial charge in [0.1, 0.15) is 6.04 Å². The molecule has 1 unspecified atom stereocenters. The highest BCUT2D eigenvalue weighted by molar-refractivity contribution is 7.89. The first-order chi connectivity index (χ1) is 10.4. The zero-order valence-corrected chi connectivity index (χ0v) is 13.2. The predicted octanol–water partition coefficient (Wildman–Crippen LogP) is 0.522. The van der Waals surface area contributed by atoms with Crippen molar-refractivity contribution in [1.82, 2.24) is 9.21 Å². The first-order valence-electron chi connectivity index (χ1n) is 7.26. The quantitative estimate of drug-likeness (QED) is 0.796. The fourth-order valence-corrected chi connectivity index (χ4v) is 4.31. The Hall–Kier alpha value is -1.89. The number of carbonyl (C=O) groups is 2. The molecule has 2 amide bonds. The Morgan fingerprint density at radius 2 is 1.86 bits per heavy atom. The zero-order chi connectivity index (χ0) is 15.9. The summed E-state index contributed by atoms with van der Waals surface area (Å²) in [7, 11) is -3.71. The Morgan fingerprint density at radius 1 is 1.18 bits per heavy atom. The summed E-state index contributed by atoms with van der Waals surface area (Å²) in [4.78, 5) is 26.1. The molecular weight excluding hydrogens is 304 g/mol. The van der Waals surface area contributed by atoms with E-state index in [9.17, 15) is 18.0 Å². The topological polar surface area (TPSA) is 74.8 Å². The molecule has 6 nitrogen and oxygen atoms in total. The third-order valence-electron chi connectivity index (χ3n) is 4.25. The highest BCUT2D eigenvalue weighted by atomic mass is 32.2. The smallest absolute Gasteiger partial charge is 0.246 e. The number of rotatable bonds is 2. The second kappa shape index (κ2) is 5.39. The molecule has 1 aromatic rings. The van der Waals surface area contributed by atoms with E-state index in [0.717, 1.165) is 22.5 Å². The van der Waals surface area contributed by atoms with E-state index in [1.165, 1.54) is 5.56 Å². The number of amides is 2. The van der Waals surface area contributed by atoms with E-state index < -0.39 is 22.0 Å². The maximum Gasteiger partial charge on any atom is 0.246 e. The Morgan fingerprint density at radius 3 is 2.55 bits per heavy atom. The van der Waals surface area contributed by atoms with Gasteiger partial charge in [-0.2, -0.15) is 0 Å². The van der Waals surface area contributed by atoms with Crippen LogP contribution in [-0.2, 0) is 32.6 Å². The van der Waals surface area contributed by atoms with Crippen LogP contribution in [0.5, 0.6) is 0 Å². The first-order valence-corrected chi connectivity index (χ1v) is 9.10. The second-order valence-corrected chi connectivity index (χ2v) is 7.64. The third-order valence-corrected chi connectivity index (χ3v) is 5.42. The van der Waals surface area contributed by atoms with Gasteiger partial charge in [-0.25, -0.2) is 12.7 Å². The Bertz CT molecular complexity index is 729. The SMILES string of the molecule is CS(=O)(=O)N1C(=O)CCC1C(=O)N1CCc2ccccc2C1. The minimum atomic E-state index is -3.71. The maximum absolute atomic E-state index is 12.7. The van der Waals surface area contributed by atoms with Crippen LogP contribution < -0.4 is 0 Å². The lowest BCUT2D eigenvalue weighted by molar-refractivity contribution is -0.138. The zero-order valence-electron chi connectivity index (χ0n) is 12.4. The van der Waals surface area contributed by atoms with Gasteiger partial charge < -0.3 is 4.90 Å². The van der Waals surface area contributed by atoms with Crippen molar-refractivity contribution in [3.05, 3.63) is 35.4 Å². The molecule has 0 aliphatic carbocycles. The molecule has 0 bridgehead atoms. The highest BCUT2D eigenvalue weighted by Gasteiger charge is 2.43. The molecule has 3 rings (SSSR count). The van der Waals surface area contributed by atoms with Gasteiger partial charge in [0.05, 0.1) is 6.26 Å². The van der Waals surface area contributed by atoms with Crippen molar-refractivity contribution in [2.45, 2.75) is 31.8 Å². The summed E-state index contributed by atoms with van der Waals surface area (Å²) in [5.74, 6) is -0.760. The number of fused-ring (bicyclic) bond motifs is 1. The lowest BCUT2D eigenvalue weighted by Gasteiger charge is -2.32.